The highest BCUT2D eigenvalue weighted by atomic mass is 16.5. The average Bonchev–Trinajstić information content (AvgIpc) is 3.29. The van der Waals surface area contributed by atoms with E-state index < -0.39 is 17.7 Å². The number of amides is 3. The number of nitrogens with one attached hydrogen (secondary N) is 2. The first-order valence-electron chi connectivity index (χ1n) is 8.60. The molecule has 8 nitrogen and oxygen atoms in total. The Balaban J connectivity index is 1.42. The summed E-state index contributed by atoms with van der Waals surface area (Å²) in [6.45, 7) is 2.26. The fraction of sp³-hybridized carbons (Fsp3) is 0.316. The van der Waals surface area contributed by atoms with Crippen molar-refractivity contribution >= 4 is 17.7 Å². The summed E-state index contributed by atoms with van der Waals surface area (Å²) in [5.41, 5.74) is 5.58. The summed E-state index contributed by atoms with van der Waals surface area (Å²) in [4.78, 5) is 37.7. The van der Waals surface area contributed by atoms with Crippen LogP contribution < -0.4 is 15.6 Å². The quantitative estimate of drug-likeness (QED) is 0.742. The highest BCUT2D eigenvalue weighted by molar-refractivity contribution is 5.90. The Bertz CT molecular complexity index is 819. The summed E-state index contributed by atoms with van der Waals surface area (Å²) in [6.07, 6.45) is 1.64. The van der Waals surface area contributed by atoms with Gasteiger partial charge in [-0.2, -0.15) is 0 Å². The molecule has 2 aromatic rings. The first-order valence-corrected chi connectivity index (χ1v) is 8.60. The minimum atomic E-state index is -0.523. The molecule has 0 saturated carbocycles. The summed E-state index contributed by atoms with van der Waals surface area (Å²) in [5, 5.41) is 0. The highest BCUT2D eigenvalue weighted by Crippen LogP contribution is 2.20. The lowest BCUT2D eigenvalue weighted by Gasteiger charge is -2.15. The third-order valence-corrected chi connectivity index (χ3v) is 4.29. The van der Waals surface area contributed by atoms with Crippen LogP contribution in [0.15, 0.2) is 47.1 Å². The van der Waals surface area contributed by atoms with Crippen molar-refractivity contribution in [2.75, 3.05) is 13.2 Å². The first kappa shape index (κ1) is 18.5. The molecule has 0 bridgehead atoms. The van der Waals surface area contributed by atoms with Crippen molar-refractivity contribution in [2.24, 2.45) is 5.92 Å². The van der Waals surface area contributed by atoms with Crippen LogP contribution in [-0.4, -0.2) is 35.8 Å². The SMILES string of the molecule is Cc1ccccc1OCC(=O)NNC(=O)C1CC(=O)N(Cc2ccco2)C1. The smallest absolute Gasteiger partial charge is 0.276 e. The fourth-order valence-corrected chi connectivity index (χ4v) is 2.82. The first-order chi connectivity index (χ1) is 13.0. The van der Waals surface area contributed by atoms with Gasteiger partial charge in [-0.05, 0) is 30.7 Å². The lowest BCUT2D eigenvalue weighted by molar-refractivity contribution is -0.132. The number of carbonyl (C=O) groups is 3. The second-order valence-corrected chi connectivity index (χ2v) is 6.35. The minimum Gasteiger partial charge on any atom is -0.483 e. The largest absolute Gasteiger partial charge is 0.483 e. The molecule has 1 aliphatic rings. The molecule has 0 aliphatic carbocycles. The van der Waals surface area contributed by atoms with Gasteiger partial charge in [0.05, 0.1) is 18.7 Å². The Morgan fingerprint density at radius 1 is 1.22 bits per heavy atom. The van der Waals surface area contributed by atoms with Gasteiger partial charge in [-0.3, -0.25) is 25.2 Å². The zero-order valence-corrected chi connectivity index (χ0v) is 14.9. The normalized spacial score (nSPS) is 16.3. The second kappa shape index (κ2) is 8.39. The summed E-state index contributed by atoms with van der Waals surface area (Å²) >= 11 is 0. The van der Waals surface area contributed by atoms with Crippen molar-refractivity contribution in [3.8, 4) is 5.75 Å². The van der Waals surface area contributed by atoms with Crippen LogP contribution in [0.25, 0.3) is 0 Å². The van der Waals surface area contributed by atoms with E-state index in [2.05, 4.69) is 10.9 Å². The van der Waals surface area contributed by atoms with Gasteiger partial charge in [-0.15, -0.1) is 0 Å². The number of carbonyl (C=O) groups excluding carboxylic acids is 3. The standard InChI is InChI=1S/C19H21N3O5/c1-13-5-2-3-7-16(13)27-12-17(23)20-21-19(25)14-9-18(24)22(10-14)11-15-6-4-8-26-15/h2-8,14H,9-12H2,1H3,(H,20,23)(H,21,25). The zero-order chi connectivity index (χ0) is 19.2. The Kier molecular flexibility index (Phi) is 5.75. The average molecular weight is 371 g/mol. The van der Waals surface area contributed by atoms with E-state index in [0.717, 1.165) is 5.56 Å². The summed E-state index contributed by atoms with van der Waals surface area (Å²) in [6, 6.07) is 10.8. The van der Waals surface area contributed by atoms with E-state index in [4.69, 9.17) is 9.15 Å². The number of benzene rings is 1. The number of likely N-dealkylation sites (tertiary alicyclic amines) is 1. The van der Waals surface area contributed by atoms with Crippen molar-refractivity contribution in [1.82, 2.24) is 15.8 Å². The van der Waals surface area contributed by atoms with Gasteiger partial charge in [-0.1, -0.05) is 18.2 Å². The molecule has 1 aromatic carbocycles. The molecule has 142 valence electrons. The van der Waals surface area contributed by atoms with Gasteiger partial charge < -0.3 is 14.1 Å². The predicted molar refractivity (Wildman–Crippen MR) is 95.2 cm³/mol. The molecule has 1 unspecified atom stereocenters. The number of hydrazine groups is 1. The van der Waals surface area contributed by atoms with Gasteiger partial charge in [0, 0.05) is 13.0 Å². The van der Waals surface area contributed by atoms with Gasteiger partial charge in [-0.25, -0.2) is 0 Å². The molecule has 2 heterocycles. The molecule has 0 spiro atoms. The lowest BCUT2D eigenvalue weighted by atomic mass is 10.1. The number of ether oxygens (including phenoxy) is 1. The molecule has 8 heteroatoms. The third kappa shape index (κ3) is 4.87. The monoisotopic (exact) mass is 371 g/mol. The predicted octanol–water partition coefficient (Wildman–Crippen LogP) is 1.16. The molecule has 1 aliphatic heterocycles. The summed E-state index contributed by atoms with van der Waals surface area (Å²) in [5.74, 6) is -0.274. The molecule has 2 N–H and O–H groups in total. The maximum absolute atomic E-state index is 12.2. The van der Waals surface area contributed by atoms with Gasteiger partial charge in [0.25, 0.3) is 5.91 Å². The Morgan fingerprint density at radius 3 is 2.78 bits per heavy atom. The molecule has 1 aromatic heterocycles. The summed E-state index contributed by atoms with van der Waals surface area (Å²) < 4.78 is 10.6. The number of hydrogen-bond donors (Lipinski definition) is 2. The summed E-state index contributed by atoms with van der Waals surface area (Å²) in [7, 11) is 0. The number of nitrogens with zero attached hydrogens (tertiary/aromatic N) is 1. The van der Waals surface area contributed by atoms with Crippen molar-refractivity contribution in [2.45, 2.75) is 19.9 Å². The zero-order valence-electron chi connectivity index (χ0n) is 14.9. The van der Waals surface area contributed by atoms with E-state index >= 15 is 0 Å². The van der Waals surface area contributed by atoms with Crippen molar-refractivity contribution in [1.29, 1.82) is 0 Å². The molecule has 1 saturated heterocycles. The van der Waals surface area contributed by atoms with Crippen LogP contribution in [0.4, 0.5) is 0 Å². The van der Waals surface area contributed by atoms with E-state index in [1.54, 1.807) is 23.1 Å². The topological polar surface area (TPSA) is 101 Å². The van der Waals surface area contributed by atoms with Gasteiger partial charge >= 0.3 is 0 Å². The van der Waals surface area contributed by atoms with E-state index in [9.17, 15) is 14.4 Å². The van der Waals surface area contributed by atoms with Gasteiger partial charge in [0.1, 0.15) is 11.5 Å². The molecule has 1 atom stereocenters. The van der Waals surface area contributed by atoms with Crippen LogP contribution in [0.1, 0.15) is 17.7 Å². The molecular formula is C19H21N3O5. The molecule has 1 fully saturated rings. The molecule has 3 rings (SSSR count). The van der Waals surface area contributed by atoms with Gasteiger partial charge in [0.15, 0.2) is 6.61 Å². The number of para-hydroxylation sites is 1. The van der Waals surface area contributed by atoms with Crippen molar-refractivity contribution in [3.05, 3.63) is 54.0 Å². The minimum absolute atomic E-state index is 0.0993. The maximum atomic E-state index is 12.2. The Morgan fingerprint density at radius 2 is 2.04 bits per heavy atom. The number of rotatable bonds is 6. The van der Waals surface area contributed by atoms with E-state index in [-0.39, 0.29) is 25.5 Å². The van der Waals surface area contributed by atoms with Crippen LogP contribution in [0.5, 0.6) is 5.75 Å². The Hall–Kier alpha value is -3.29. The van der Waals surface area contributed by atoms with E-state index in [1.165, 1.54) is 6.26 Å². The molecule has 0 radical (unpaired) electrons. The second-order valence-electron chi connectivity index (χ2n) is 6.35. The fourth-order valence-electron chi connectivity index (χ4n) is 2.82. The van der Waals surface area contributed by atoms with Crippen LogP contribution in [0.2, 0.25) is 0 Å². The highest BCUT2D eigenvalue weighted by Gasteiger charge is 2.34. The lowest BCUT2D eigenvalue weighted by Crippen LogP contribution is -2.46. The number of hydrogen-bond acceptors (Lipinski definition) is 5. The van der Waals surface area contributed by atoms with Crippen molar-refractivity contribution < 1.29 is 23.5 Å². The van der Waals surface area contributed by atoms with Crippen LogP contribution in [0, 0.1) is 12.8 Å². The van der Waals surface area contributed by atoms with E-state index in [0.29, 0.717) is 18.1 Å². The van der Waals surface area contributed by atoms with Crippen LogP contribution >= 0.6 is 0 Å². The Labute approximate surface area is 156 Å². The number of furan rings is 1. The third-order valence-electron chi connectivity index (χ3n) is 4.29. The van der Waals surface area contributed by atoms with E-state index in [1.807, 2.05) is 25.1 Å². The maximum Gasteiger partial charge on any atom is 0.276 e. The molecular weight excluding hydrogens is 350 g/mol. The molecule has 3 amide bonds. The van der Waals surface area contributed by atoms with Crippen LogP contribution in [0.3, 0.4) is 0 Å². The van der Waals surface area contributed by atoms with Crippen molar-refractivity contribution in [3.63, 3.8) is 0 Å². The molecule has 27 heavy (non-hydrogen) atoms. The van der Waals surface area contributed by atoms with Crippen LogP contribution in [-0.2, 0) is 20.9 Å². The number of aryl methyl sites for hydroxylation is 1. The van der Waals surface area contributed by atoms with Gasteiger partial charge in [0.2, 0.25) is 11.8 Å².